The summed E-state index contributed by atoms with van der Waals surface area (Å²) < 4.78 is 0. The van der Waals surface area contributed by atoms with Crippen LogP contribution in [0.5, 0.6) is 0 Å². The first-order valence-corrected chi connectivity index (χ1v) is 10.2. The molecule has 4 aromatic rings. The van der Waals surface area contributed by atoms with Crippen molar-refractivity contribution in [2.45, 2.75) is 27.7 Å². The summed E-state index contributed by atoms with van der Waals surface area (Å²) in [5.74, 6) is 0.264. The Morgan fingerprint density at radius 3 is 2.10 bits per heavy atom. The van der Waals surface area contributed by atoms with Crippen LogP contribution in [-0.2, 0) is 0 Å². The fourth-order valence-electron chi connectivity index (χ4n) is 4.52. The number of fused-ring (bicyclic) bond motifs is 2. The van der Waals surface area contributed by atoms with Crippen molar-refractivity contribution in [3.8, 4) is 12.1 Å². The number of Topliss-reactive ketones (excluding diaryl/α,β-unsaturated/α-hetero) is 1. The number of nitrogens with zero attached hydrogens (tertiary/aromatic N) is 2. The predicted octanol–water partition coefficient (Wildman–Crippen LogP) is 5.94. The number of rotatable bonds is 2. The van der Waals surface area contributed by atoms with Crippen LogP contribution >= 0.6 is 0 Å². The molecule has 0 atom stereocenters. The molecule has 1 aliphatic carbocycles. The van der Waals surface area contributed by atoms with Gasteiger partial charge in [0.2, 0.25) is 0 Å². The Balaban J connectivity index is 0.000000177. The van der Waals surface area contributed by atoms with E-state index in [0.717, 1.165) is 27.4 Å². The van der Waals surface area contributed by atoms with Gasteiger partial charge in [0, 0.05) is 40.3 Å². The second-order valence-electron chi connectivity index (χ2n) is 9.21. The van der Waals surface area contributed by atoms with Crippen molar-refractivity contribution in [2.24, 2.45) is 16.7 Å². The number of aromatic nitrogens is 2. The van der Waals surface area contributed by atoms with Gasteiger partial charge in [-0.2, -0.15) is 10.5 Å². The zero-order valence-corrected chi connectivity index (χ0v) is 18.1. The Bertz CT molecular complexity index is 1370. The van der Waals surface area contributed by atoms with E-state index >= 15 is 0 Å². The molecule has 2 aromatic heterocycles. The number of carbonyl (C=O) groups is 1. The van der Waals surface area contributed by atoms with Gasteiger partial charge in [-0.25, -0.2) is 0 Å². The van der Waals surface area contributed by atoms with Crippen LogP contribution in [0.3, 0.4) is 0 Å². The number of carbonyl (C=O) groups excluding carboxylic acids is 1. The van der Waals surface area contributed by atoms with Gasteiger partial charge in [-0.1, -0.05) is 39.8 Å². The highest BCUT2D eigenvalue weighted by Crippen LogP contribution is 2.69. The van der Waals surface area contributed by atoms with Crippen LogP contribution in [0, 0.1) is 39.4 Å². The second-order valence-corrected chi connectivity index (χ2v) is 9.21. The van der Waals surface area contributed by atoms with E-state index in [0.29, 0.717) is 11.1 Å². The summed E-state index contributed by atoms with van der Waals surface area (Å²) in [4.78, 5) is 18.9. The zero-order valence-electron chi connectivity index (χ0n) is 18.1. The minimum Gasteiger partial charge on any atom is -0.361 e. The third-order valence-electron chi connectivity index (χ3n) is 7.04. The molecule has 2 N–H and O–H groups in total. The number of H-pyrrole nitrogens is 2. The summed E-state index contributed by atoms with van der Waals surface area (Å²) >= 11 is 0. The third-order valence-corrected chi connectivity index (χ3v) is 7.04. The molecule has 5 nitrogen and oxygen atoms in total. The van der Waals surface area contributed by atoms with Gasteiger partial charge < -0.3 is 9.97 Å². The molecule has 0 radical (unpaired) electrons. The molecule has 2 aromatic carbocycles. The normalized spacial score (nSPS) is 16.2. The molecule has 2 heterocycles. The van der Waals surface area contributed by atoms with E-state index in [-0.39, 0.29) is 22.5 Å². The Kier molecular flexibility index (Phi) is 4.71. The second kappa shape index (κ2) is 7.15. The highest BCUT2D eigenvalue weighted by atomic mass is 16.1. The summed E-state index contributed by atoms with van der Waals surface area (Å²) in [6.45, 7) is 8.60. The lowest BCUT2D eigenvalue weighted by molar-refractivity contribution is 0.0947. The van der Waals surface area contributed by atoms with Crippen LogP contribution in [0.1, 0.15) is 49.2 Å². The van der Waals surface area contributed by atoms with Crippen LogP contribution in [0.2, 0.25) is 0 Å². The largest absolute Gasteiger partial charge is 0.361 e. The first kappa shape index (κ1) is 20.4. The van der Waals surface area contributed by atoms with E-state index in [9.17, 15) is 4.79 Å². The van der Waals surface area contributed by atoms with Crippen LogP contribution in [-0.4, -0.2) is 15.8 Å². The number of nitriles is 2. The standard InChI is InChI=1S/C17H18N2O.C9H6N2/c1-16(2)15(17(16,3)4)14(20)12-9-19-13-7-10(8-18)5-6-11(12)13;10-6-7-1-2-8-3-4-11-9(8)5-7/h5-7,9,15,19H,1-4H3;1-5,11H. The molecule has 31 heavy (non-hydrogen) atoms. The van der Waals surface area contributed by atoms with Crippen LogP contribution in [0.15, 0.2) is 54.9 Å². The molecule has 5 rings (SSSR count). The maximum atomic E-state index is 12.8. The van der Waals surface area contributed by atoms with Gasteiger partial charge in [-0.05, 0) is 46.5 Å². The summed E-state index contributed by atoms with van der Waals surface area (Å²) in [6, 6.07) is 17.2. The first-order valence-electron chi connectivity index (χ1n) is 10.2. The van der Waals surface area contributed by atoms with Crippen molar-refractivity contribution < 1.29 is 4.79 Å². The molecule has 154 valence electrons. The van der Waals surface area contributed by atoms with Gasteiger partial charge in [-0.3, -0.25) is 4.79 Å². The summed E-state index contributed by atoms with van der Waals surface area (Å²) in [5, 5.41) is 19.5. The average Bonchev–Trinajstić information content (AvgIpc) is 3.22. The number of benzene rings is 2. The SMILES string of the molecule is CC1(C)C(C(=O)c2c[nH]c3cc(C#N)ccc23)C1(C)C.N#Cc1ccc2cc[nH]c2c1. The van der Waals surface area contributed by atoms with Gasteiger partial charge in [-0.15, -0.1) is 0 Å². The summed E-state index contributed by atoms with van der Waals surface area (Å²) in [5.41, 5.74) is 3.99. The minimum absolute atomic E-state index is 0.0419. The van der Waals surface area contributed by atoms with Gasteiger partial charge in [0.25, 0.3) is 0 Å². The minimum atomic E-state index is 0.0419. The lowest BCUT2D eigenvalue weighted by Gasteiger charge is -2.03. The van der Waals surface area contributed by atoms with Crippen molar-refractivity contribution >= 4 is 27.6 Å². The highest BCUT2D eigenvalue weighted by Gasteiger charge is 2.68. The van der Waals surface area contributed by atoms with E-state index < -0.39 is 0 Å². The van der Waals surface area contributed by atoms with E-state index in [4.69, 9.17) is 10.5 Å². The van der Waals surface area contributed by atoms with Crippen molar-refractivity contribution in [3.05, 3.63) is 71.5 Å². The van der Waals surface area contributed by atoms with E-state index in [2.05, 4.69) is 49.8 Å². The summed E-state index contributed by atoms with van der Waals surface area (Å²) in [7, 11) is 0. The molecule has 1 saturated carbocycles. The third kappa shape index (κ3) is 3.29. The van der Waals surface area contributed by atoms with Crippen LogP contribution in [0.25, 0.3) is 21.8 Å². The molecule has 0 aliphatic heterocycles. The highest BCUT2D eigenvalue weighted by molar-refractivity contribution is 6.10. The molecule has 0 spiro atoms. The molecule has 0 bridgehead atoms. The van der Waals surface area contributed by atoms with Crippen molar-refractivity contribution in [2.75, 3.05) is 0 Å². The lowest BCUT2D eigenvalue weighted by Crippen LogP contribution is -2.06. The average molecular weight is 409 g/mol. The van der Waals surface area contributed by atoms with Crippen molar-refractivity contribution in [1.82, 2.24) is 9.97 Å². The predicted molar refractivity (Wildman–Crippen MR) is 121 cm³/mol. The van der Waals surface area contributed by atoms with Gasteiger partial charge in [0.15, 0.2) is 5.78 Å². The molecule has 1 fully saturated rings. The Morgan fingerprint density at radius 2 is 1.48 bits per heavy atom. The zero-order chi connectivity index (χ0) is 22.4. The van der Waals surface area contributed by atoms with Crippen molar-refractivity contribution in [1.29, 1.82) is 10.5 Å². The summed E-state index contributed by atoms with van der Waals surface area (Å²) in [6.07, 6.45) is 3.64. The van der Waals surface area contributed by atoms with Crippen LogP contribution < -0.4 is 0 Å². The number of hydrogen-bond donors (Lipinski definition) is 2. The molecule has 5 heteroatoms. The molecular formula is C26H24N4O. The maximum absolute atomic E-state index is 12.8. The van der Waals surface area contributed by atoms with Crippen LogP contribution in [0.4, 0.5) is 0 Å². The Labute approximate surface area is 181 Å². The number of aromatic amines is 2. The van der Waals surface area contributed by atoms with Crippen molar-refractivity contribution in [3.63, 3.8) is 0 Å². The van der Waals surface area contributed by atoms with Gasteiger partial charge in [0.05, 0.1) is 23.3 Å². The number of ketones is 1. The van der Waals surface area contributed by atoms with Gasteiger partial charge >= 0.3 is 0 Å². The topological polar surface area (TPSA) is 96.2 Å². The monoisotopic (exact) mass is 408 g/mol. The Hall–Kier alpha value is -3.83. The molecule has 1 aliphatic rings. The molecule has 0 saturated heterocycles. The Morgan fingerprint density at radius 1 is 0.871 bits per heavy atom. The number of hydrogen-bond acceptors (Lipinski definition) is 3. The van der Waals surface area contributed by atoms with E-state index in [1.165, 1.54) is 0 Å². The number of nitrogens with one attached hydrogen (secondary N) is 2. The molecular weight excluding hydrogens is 384 g/mol. The maximum Gasteiger partial charge on any atom is 0.169 e. The lowest BCUT2D eigenvalue weighted by atomic mass is 10.0. The first-order chi connectivity index (χ1) is 14.7. The van der Waals surface area contributed by atoms with Gasteiger partial charge in [0.1, 0.15) is 0 Å². The smallest absolute Gasteiger partial charge is 0.169 e. The van der Waals surface area contributed by atoms with E-state index in [1.807, 2.05) is 36.5 Å². The quantitative estimate of drug-likeness (QED) is 0.401. The fraction of sp³-hybridized carbons (Fsp3) is 0.269. The van der Waals surface area contributed by atoms with E-state index in [1.54, 1.807) is 18.3 Å². The fourth-order valence-corrected chi connectivity index (χ4v) is 4.52. The molecule has 0 unspecified atom stereocenters. The molecule has 0 amide bonds.